The van der Waals surface area contributed by atoms with Crippen LogP contribution in [0.25, 0.3) is 0 Å². The van der Waals surface area contributed by atoms with Crippen molar-refractivity contribution in [1.82, 2.24) is 5.43 Å². The SMILES string of the molecule is COc1ccc(OC)c(NC(=O)C(=O)NN=Cc2sccc2C)c1. The van der Waals surface area contributed by atoms with Crippen molar-refractivity contribution in [3.63, 3.8) is 0 Å². The largest absolute Gasteiger partial charge is 0.497 e. The zero-order chi connectivity index (χ0) is 17.5. The normalized spacial score (nSPS) is 10.5. The number of aryl methyl sites for hydroxylation is 1. The number of carbonyl (C=O) groups is 2. The van der Waals surface area contributed by atoms with Gasteiger partial charge in [-0.25, -0.2) is 5.43 Å². The number of thiophene rings is 1. The number of nitrogens with one attached hydrogen (secondary N) is 2. The van der Waals surface area contributed by atoms with E-state index in [1.54, 1.807) is 18.2 Å². The maximum atomic E-state index is 11.9. The molecule has 0 radical (unpaired) electrons. The minimum absolute atomic E-state index is 0.329. The van der Waals surface area contributed by atoms with Gasteiger partial charge in [0.1, 0.15) is 11.5 Å². The lowest BCUT2D eigenvalue weighted by Gasteiger charge is -2.11. The van der Waals surface area contributed by atoms with Crippen molar-refractivity contribution in [3.05, 3.63) is 40.1 Å². The Bertz CT molecular complexity index is 770. The maximum absolute atomic E-state index is 11.9. The molecule has 0 saturated carbocycles. The summed E-state index contributed by atoms with van der Waals surface area (Å²) in [5.74, 6) is -0.806. The number of hydrogen-bond acceptors (Lipinski definition) is 6. The van der Waals surface area contributed by atoms with Crippen LogP contribution in [0.2, 0.25) is 0 Å². The lowest BCUT2D eigenvalue weighted by Crippen LogP contribution is -2.32. The zero-order valence-electron chi connectivity index (χ0n) is 13.5. The summed E-state index contributed by atoms with van der Waals surface area (Å²) in [6.45, 7) is 1.93. The van der Waals surface area contributed by atoms with E-state index < -0.39 is 11.8 Å². The number of carbonyl (C=O) groups excluding carboxylic acids is 2. The highest BCUT2D eigenvalue weighted by atomic mass is 32.1. The Hall–Kier alpha value is -2.87. The highest BCUT2D eigenvalue weighted by molar-refractivity contribution is 7.11. The summed E-state index contributed by atoms with van der Waals surface area (Å²) in [5, 5.41) is 8.16. The smallest absolute Gasteiger partial charge is 0.329 e. The molecule has 0 fully saturated rings. The third kappa shape index (κ3) is 4.32. The molecule has 2 rings (SSSR count). The van der Waals surface area contributed by atoms with E-state index in [0.717, 1.165) is 10.4 Å². The van der Waals surface area contributed by atoms with Gasteiger partial charge in [0, 0.05) is 10.9 Å². The molecule has 0 atom stereocenters. The molecule has 1 aromatic carbocycles. The Kier molecular flexibility index (Phi) is 5.91. The number of ether oxygens (including phenoxy) is 2. The molecule has 0 unspecified atom stereocenters. The molecule has 24 heavy (non-hydrogen) atoms. The van der Waals surface area contributed by atoms with Crippen molar-refractivity contribution in [3.8, 4) is 11.5 Å². The van der Waals surface area contributed by atoms with Crippen LogP contribution in [-0.4, -0.2) is 32.2 Å². The van der Waals surface area contributed by atoms with Crippen molar-refractivity contribution in [2.75, 3.05) is 19.5 Å². The molecule has 2 amide bonds. The molecule has 1 aromatic heterocycles. The fraction of sp³-hybridized carbons (Fsp3) is 0.188. The second-order valence-electron chi connectivity index (χ2n) is 4.69. The van der Waals surface area contributed by atoms with Crippen molar-refractivity contribution < 1.29 is 19.1 Å². The second kappa shape index (κ2) is 8.11. The van der Waals surface area contributed by atoms with E-state index in [2.05, 4.69) is 15.8 Å². The van der Waals surface area contributed by atoms with E-state index in [-0.39, 0.29) is 0 Å². The molecule has 1 heterocycles. The van der Waals surface area contributed by atoms with Crippen molar-refractivity contribution >= 4 is 35.1 Å². The van der Waals surface area contributed by atoms with Gasteiger partial charge in [-0.3, -0.25) is 9.59 Å². The maximum Gasteiger partial charge on any atom is 0.329 e. The molecule has 0 saturated heterocycles. The lowest BCUT2D eigenvalue weighted by atomic mass is 10.2. The third-order valence-corrected chi connectivity index (χ3v) is 4.06. The van der Waals surface area contributed by atoms with Gasteiger partial charge in [0.15, 0.2) is 0 Å². The highest BCUT2D eigenvalue weighted by Crippen LogP contribution is 2.28. The first kappa shape index (κ1) is 17.5. The van der Waals surface area contributed by atoms with Crippen LogP contribution in [-0.2, 0) is 9.59 Å². The first-order valence-corrected chi connectivity index (χ1v) is 7.83. The quantitative estimate of drug-likeness (QED) is 0.493. The first-order chi connectivity index (χ1) is 11.5. The van der Waals surface area contributed by atoms with Gasteiger partial charge in [0.2, 0.25) is 0 Å². The molecule has 0 aliphatic rings. The van der Waals surface area contributed by atoms with Gasteiger partial charge >= 0.3 is 11.8 Å². The van der Waals surface area contributed by atoms with Gasteiger partial charge in [0.25, 0.3) is 0 Å². The minimum Gasteiger partial charge on any atom is -0.497 e. The van der Waals surface area contributed by atoms with E-state index in [4.69, 9.17) is 9.47 Å². The van der Waals surface area contributed by atoms with Crippen LogP contribution in [0.15, 0.2) is 34.7 Å². The molecule has 7 nitrogen and oxygen atoms in total. The topological polar surface area (TPSA) is 89.0 Å². The zero-order valence-corrected chi connectivity index (χ0v) is 14.3. The summed E-state index contributed by atoms with van der Waals surface area (Å²) in [7, 11) is 2.96. The molecule has 0 bridgehead atoms. The summed E-state index contributed by atoms with van der Waals surface area (Å²) >= 11 is 1.49. The van der Waals surface area contributed by atoms with Crippen LogP contribution >= 0.6 is 11.3 Å². The van der Waals surface area contributed by atoms with Crippen molar-refractivity contribution in [1.29, 1.82) is 0 Å². The van der Waals surface area contributed by atoms with E-state index in [1.807, 2.05) is 18.4 Å². The Balaban J connectivity index is 2.00. The fourth-order valence-corrected chi connectivity index (χ4v) is 2.59. The average molecular weight is 347 g/mol. The van der Waals surface area contributed by atoms with Crippen molar-refractivity contribution in [2.24, 2.45) is 5.10 Å². The molecular weight excluding hydrogens is 330 g/mol. The number of hydrogen-bond donors (Lipinski definition) is 2. The number of amides is 2. The third-order valence-electron chi connectivity index (χ3n) is 3.11. The predicted molar refractivity (Wildman–Crippen MR) is 93.0 cm³/mol. The van der Waals surface area contributed by atoms with Crippen LogP contribution in [0.3, 0.4) is 0 Å². The predicted octanol–water partition coefficient (Wildman–Crippen LogP) is 2.16. The van der Waals surface area contributed by atoms with Crippen LogP contribution in [0, 0.1) is 6.92 Å². The van der Waals surface area contributed by atoms with Crippen LogP contribution < -0.4 is 20.2 Å². The number of anilines is 1. The number of hydrazone groups is 1. The molecule has 0 aliphatic carbocycles. The van der Waals surface area contributed by atoms with Gasteiger partial charge in [-0.05, 0) is 36.1 Å². The molecule has 126 valence electrons. The van der Waals surface area contributed by atoms with Gasteiger partial charge in [-0.15, -0.1) is 11.3 Å². The van der Waals surface area contributed by atoms with Gasteiger partial charge < -0.3 is 14.8 Å². The number of nitrogens with zero attached hydrogens (tertiary/aromatic N) is 1. The Morgan fingerprint density at radius 3 is 2.58 bits per heavy atom. The highest BCUT2D eigenvalue weighted by Gasteiger charge is 2.16. The van der Waals surface area contributed by atoms with Crippen LogP contribution in [0.5, 0.6) is 11.5 Å². The van der Waals surface area contributed by atoms with Crippen molar-refractivity contribution in [2.45, 2.75) is 6.92 Å². The summed E-state index contributed by atoms with van der Waals surface area (Å²) < 4.78 is 10.2. The Labute approximate surface area is 143 Å². The number of methoxy groups -OCH3 is 2. The van der Waals surface area contributed by atoms with Crippen LogP contribution in [0.4, 0.5) is 5.69 Å². The second-order valence-corrected chi connectivity index (χ2v) is 5.64. The lowest BCUT2D eigenvalue weighted by molar-refractivity contribution is -0.136. The standard InChI is InChI=1S/C16H17N3O4S/c1-10-6-7-24-14(10)9-17-19-16(21)15(20)18-12-8-11(22-2)4-5-13(12)23-3/h4-9H,1-3H3,(H,18,20)(H,19,21). The summed E-state index contributed by atoms with van der Waals surface area (Å²) in [5.41, 5.74) is 3.56. The summed E-state index contributed by atoms with van der Waals surface area (Å²) in [6, 6.07) is 6.81. The number of benzene rings is 1. The first-order valence-electron chi connectivity index (χ1n) is 6.95. The molecule has 0 spiro atoms. The summed E-state index contributed by atoms with van der Waals surface area (Å²) in [6.07, 6.45) is 1.50. The van der Waals surface area contributed by atoms with Gasteiger partial charge in [-0.2, -0.15) is 5.10 Å². The molecule has 0 aliphatic heterocycles. The van der Waals surface area contributed by atoms with Crippen LogP contribution in [0.1, 0.15) is 10.4 Å². The Morgan fingerprint density at radius 2 is 1.96 bits per heavy atom. The number of rotatable bonds is 5. The average Bonchev–Trinajstić information content (AvgIpc) is 2.99. The molecule has 2 N–H and O–H groups in total. The fourth-order valence-electron chi connectivity index (χ4n) is 1.81. The monoisotopic (exact) mass is 347 g/mol. The van der Waals surface area contributed by atoms with Gasteiger partial charge in [-0.1, -0.05) is 0 Å². The van der Waals surface area contributed by atoms with E-state index in [1.165, 1.54) is 31.8 Å². The molecular formula is C16H17N3O4S. The summed E-state index contributed by atoms with van der Waals surface area (Å²) in [4.78, 5) is 24.7. The molecule has 2 aromatic rings. The van der Waals surface area contributed by atoms with E-state index in [0.29, 0.717) is 17.2 Å². The van der Waals surface area contributed by atoms with Gasteiger partial charge in [0.05, 0.1) is 26.1 Å². The van der Waals surface area contributed by atoms with E-state index >= 15 is 0 Å². The molecule has 8 heteroatoms. The van der Waals surface area contributed by atoms with E-state index in [9.17, 15) is 9.59 Å². The minimum atomic E-state index is -0.884. The Morgan fingerprint density at radius 1 is 1.17 bits per heavy atom.